The Morgan fingerprint density at radius 3 is 2.57 bits per heavy atom. The summed E-state index contributed by atoms with van der Waals surface area (Å²) < 4.78 is 0. The van der Waals surface area contributed by atoms with Gasteiger partial charge in [0, 0.05) is 13.1 Å². The number of nitrogen functional groups attached to an aromatic ring is 1. The predicted molar refractivity (Wildman–Crippen MR) is 91.1 cm³/mol. The van der Waals surface area contributed by atoms with Gasteiger partial charge in [-0.1, -0.05) is 44.0 Å². The highest BCUT2D eigenvalue weighted by Crippen LogP contribution is 2.37. The minimum atomic E-state index is 0.344. The number of hydrazine groups is 1. The van der Waals surface area contributed by atoms with Gasteiger partial charge in [-0.2, -0.15) is 0 Å². The fourth-order valence-electron chi connectivity index (χ4n) is 2.95. The summed E-state index contributed by atoms with van der Waals surface area (Å²) in [5.41, 5.74) is 2.87. The first-order valence-electron chi connectivity index (χ1n) is 7.40. The molecule has 6 heteroatoms. The third-order valence-electron chi connectivity index (χ3n) is 4.30. The lowest BCUT2D eigenvalue weighted by molar-refractivity contribution is 0.220. The molecule has 2 heterocycles. The van der Waals surface area contributed by atoms with Crippen molar-refractivity contribution in [3.05, 3.63) is 16.1 Å². The van der Waals surface area contributed by atoms with Crippen LogP contribution in [-0.4, -0.2) is 18.1 Å². The van der Waals surface area contributed by atoms with Crippen LogP contribution in [0, 0.1) is 11.3 Å². The van der Waals surface area contributed by atoms with Crippen molar-refractivity contribution in [2.24, 2.45) is 17.2 Å². The number of hydrogen-bond acceptors (Lipinski definition) is 4. The molecule has 1 aliphatic rings. The minimum Gasteiger partial charge on any atom is -0.355 e. The number of hydrogen-bond donors (Lipinski definition) is 2. The van der Waals surface area contributed by atoms with Crippen LogP contribution in [0.5, 0.6) is 0 Å². The molecule has 118 valence electrons. The van der Waals surface area contributed by atoms with Crippen LogP contribution in [0.25, 0.3) is 0 Å². The first-order valence-corrected chi connectivity index (χ1v) is 8.16. The van der Waals surface area contributed by atoms with Gasteiger partial charge >= 0.3 is 0 Å². The number of nitrogens with one attached hydrogen (secondary N) is 1. The monoisotopic (exact) mass is 330 g/mol. The molecule has 1 fully saturated rings. The van der Waals surface area contributed by atoms with Crippen LogP contribution in [0.15, 0.2) is 6.07 Å². The summed E-state index contributed by atoms with van der Waals surface area (Å²) >= 11 is 12.4. The summed E-state index contributed by atoms with van der Waals surface area (Å²) in [6, 6.07) is 1.70. The van der Waals surface area contributed by atoms with E-state index in [1.165, 1.54) is 6.42 Å². The zero-order valence-corrected chi connectivity index (χ0v) is 14.4. The van der Waals surface area contributed by atoms with Gasteiger partial charge < -0.3 is 10.3 Å². The summed E-state index contributed by atoms with van der Waals surface area (Å²) in [4.78, 5) is 6.71. The molecule has 0 aliphatic carbocycles. The molecule has 21 heavy (non-hydrogen) atoms. The van der Waals surface area contributed by atoms with Crippen molar-refractivity contribution in [1.29, 1.82) is 0 Å². The molecular weight excluding hydrogens is 307 g/mol. The fourth-order valence-corrected chi connectivity index (χ4v) is 3.49. The number of pyridine rings is 1. The standard InChI is InChI=1S/C15H24Cl2N4/c1-15(2,3)10-5-4-7-21(8-6-10)14-12(17)9-11(16)13(19-14)20-18/h9-10H,4-8,18H2,1-3H3,(H,19,20). The third kappa shape index (κ3) is 3.93. The second kappa shape index (κ2) is 6.59. The topological polar surface area (TPSA) is 54.2 Å². The molecule has 0 spiro atoms. The van der Waals surface area contributed by atoms with Crippen molar-refractivity contribution in [3.8, 4) is 0 Å². The lowest BCUT2D eigenvalue weighted by atomic mass is 9.77. The normalized spacial score (nSPS) is 20.3. The van der Waals surface area contributed by atoms with E-state index >= 15 is 0 Å². The lowest BCUT2D eigenvalue weighted by Crippen LogP contribution is -2.27. The van der Waals surface area contributed by atoms with E-state index in [1.807, 2.05) is 0 Å². The molecular formula is C15H24Cl2N4. The second-order valence-electron chi connectivity index (χ2n) is 6.75. The first-order chi connectivity index (χ1) is 9.82. The molecule has 4 nitrogen and oxygen atoms in total. The van der Waals surface area contributed by atoms with Gasteiger partial charge in [0.1, 0.15) is 5.82 Å². The maximum atomic E-state index is 6.31. The summed E-state index contributed by atoms with van der Waals surface area (Å²) in [5, 5.41) is 1.02. The second-order valence-corrected chi connectivity index (χ2v) is 7.56. The largest absolute Gasteiger partial charge is 0.355 e. The van der Waals surface area contributed by atoms with Crippen LogP contribution in [-0.2, 0) is 0 Å². The SMILES string of the molecule is CC(C)(C)C1CCCN(c2nc(NN)c(Cl)cc2Cl)CC1. The molecule has 0 amide bonds. The Bertz CT molecular complexity index is 499. The van der Waals surface area contributed by atoms with E-state index in [0.29, 0.717) is 21.3 Å². The maximum Gasteiger partial charge on any atom is 0.161 e. The summed E-state index contributed by atoms with van der Waals surface area (Å²) in [7, 11) is 0. The van der Waals surface area contributed by atoms with Crippen LogP contribution in [0.4, 0.5) is 11.6 Å². The van der Waals surface area contributed by atoms with Gasteiger partial charge in [0.25, 0.3) is 0 Å². The number of nitrogens with two attached hydrogens (primary N) is 1. The Morgan fingerprint density at radius 2 is 1.95 bits per heavy atom. The number of halogens is 2. The Balaban J connectivity index is 2.19. The van der Waals surface area contributed by atoms with Crippen LogP contribution in [0.2, 0.25) is 10.0 Å². The number of aromatic nitrogens is 1. The molecule has 3 N–H and O–H groups in total. The zero-order valence-electron chi connectivity index (χ0n) is 12.9. The highest BCUT2D eigenvalue weighted by atomic mass is 35.5. The predicted octanol–water partition coefficient (Wildman–Crippen LogP) is 4.33. The van der Waals surface area contributed by atoms with Crippen molar-refractivity contribution in [2.45, 2.75) is 40.0 Å². The average molecular weight is 331 g/mol. The number of rotatable bonds is 2. The third-order valence-corrected chi connectivity index (χ3v) is 4.87. The van der Waals surface area contributed by atoms with Crippen molar-refractivity contribution in [1.82, 2.24) is 4.98 Å². The van der Waals surface area contributed by atoms with Crippen LogP contribution < -0.4 is 16.2 Å². The molecule has 1 unspecified atom stereocenters. The van der Waals surface area contributed by atoms with Crippen molar-refractivity contribution < 1.29 is 0 Å². The zero-order chi connectivity index (χ0) is 15.6. The molecule has 1 saturated heterocycles. The van der Waals surface area contributed by atoms with Gasteiger partial charge in [0.15, 0.2) is 5.82 Å². The van der Waals surface area contributed by atoms with Gasteiger partial charge in [-0.3, -0.25) is 0 Å². The molecule has 1 aromatic rings. The van der Waals surface area contributed by atoms with E-state index < -0.39 is 0 Å². The Morgan fingerprint density at radius 1 is 1.24 bits per heavy atom. The summed E-state index contributed by atoms with van der Waals surface area (Å²) in [5.74, 6) is 7.41. The molecule has 1 atom stereocenters. The highest BCUT2D eigenvalue weighted by molar-refractivity contribution is 6.37. The molecule has 0 radical (unpaired) electrons. The van der Waals surface area contributed by atoms with E-state index in [0.717, 1.165) is 37.7 Å². The molecule has 2 rings (SSSR count). The minimum absolute atomic E-state index is 0.344. The van der Waals surface area contributed by atoms with E-state index in [-0.39, 0.29) is 0 Å². The Kier molecular flexibility index (Phi) is 5.23. The summed E-state index contributed by atoms with van der Waals surface area (Å²) in [6.45, 7) is 8.87. The van der Waals surface area contributed by atoms with Gasteiger partial charge in [0.05, 0.1) is 10.0 Å². The van der Waals surface area contributed by atoms with E-state index in [9.17, 15) is 0 Å². The molecule has 0 bridgehead atoms. The van der Waals surface area contributed by atoms with Gasteiger partial charge in [-0.15, -0.1) is 0 Å². The molecule has 0 saturated carbocycles. The van der Waals surface area contributed by atoms with Gasteiger partial charge in [-0.05, 0) is 36.7 Å². The molecule has 1 aromatic heterocycles. The molecule has 0 aromatic carbocycles. The van der Waals surface area contributed by atoms with Crippen LogP contribution >= 0.6 is 23.2 Å². The summed E-state index contributed by atoms with van der Waals surface area (Å²) in [6.07, 6.45) is 3.54. The molecule has 1 aliphatic heterocycles. The first kappa shape index (κ1) is 16.7. The highest BCUT2D eigenvalue weighted by Gasteiger charge is 2.28. The van der Waals surface area contributed by atoms with Gasteiger partial charge in [0.2, 0.25) is 0 Å². The van der Waals surface area contributed by atoms with Crippen LogP contribution in [0.1, 0.15) is 40.0 Å². The van der Waals surface area contributed by atoms with E-state index in [4.69, 9.17) is 29.0 Å². The van der Waals surface area contributed by atoms with Crippen molar-refractivity contribution in [3.63, 3.8) is 0 Å². The smallest absolute Gasteiger partial charge is 0.161 e. The van der Waals surface area contributed by atoms with Crippen molar-refractivity contribution >= 4 is 34.8 Å². The quantitative estimate of drug-likeness (QED) is 0.626. The maximum absolute atomic E-state index is 6.31. The number of anilines is 2. The van der Waals surface area contributed by atoms with E-state index in [1.54, 1.807) is 6.07 Å². The van der Waals surface area contributed by atoms with Crippen molar-refractivity contribution in [2.75, 3.05) is 23.4 Å². The fraction of sp³-hybridized carbons (Fsp3) is 0.667. The van der Waals surface area contributed by atoms with E-state index in [2.05, 4.69) is 36.1 Å². The Labute approximate surface area is 137 Å². The van der Waals surface area contributed by atoms with Crippen LogP contribution in [0.3, 0.4) is 0 Å². The number of nitrogens with zero attached hydrogens (tertiary/aromatic N) is 2. The van der Waals surface area contributed by atoms with Gasteiger partial charge in [-0.25, -0.2) is 10.8 Å². The Hall–Kier alpha value is -0.710. The average Bonchev–Trinajstić information content (AvgIpc) is 2.64. The lowest BCUT2D eigenvalue weighted by Gasteiger charge is -2.30.